The van der Waals surface area contributed by atoms with Crippen molar-refractivity contribution in [2.24, 2.45) is 0 Å². The van der Waals surface area contributed by atoms with E-state index in [1.54, 1.807) is 6.07 Å². The molecule has 0 spiro atoms. The summed E-state index contributed by atoms with van der Waals surface area (Å²) in [5, 5.41) is 17.8. The predicted molar refractivity (Wildman–Crippen MR) is 165 cm³/mol. The summed E-state index contributed by atoms with van der Waals surface area (Å²) in [5.74, 6) is 1.07. The Kier molecular flexibility index (Phi) is 4.10. The van der Waals surface area contributed by atoms with Crippen LogP contribution >= 0.6 is 0 Å². The lowest BCUT2D eigenvalue weighted by Gasteiger charge is -2.11. The van der Waals surface area contributed by atoms with Gasteiger partial charge >= 0.3 is 0 Å². The second-order valence-corrected chi connectivity index (χ2v) is 10.7. The lowest BCUT2D eigenvalue weighted by Crippen LogP contribution is -1.99. The highest BCUT2D eigenvalue weighted by molar-refractivity contribution is 6.26. The molecular weight excluding hydrogens is 490 g/mol. The second kappa shape index (κ2) is 7.61. The summed E-state index contributed by atoms with van der Waals surface area (Å²) in [6.45, 7) is 2.13. The Labute approximate surface area is 229 Å². The predicted octanol–water partition coefficient (Wildman–Crippen LogP) is 9.01. The molecule has 0 bridgehead atoms. The molecule has 0 aliphatic carbocycles. The van der Waals surface area contributed by atoms with Crippen LogP contribution in [-0.4, -0.2) is 19.1 Å². The molecule has 0 atom stereocenters. The van der Waals surface area contributed by atoms with Gasteiger partial charge in [-0.15, -0.1) is 0 Å². The Hall–Kier alpha value is -5.35. The lowest BCUT2D eigenvalue weighted by atomic mass is 10.0. The fourth-order valence-corrected chi connectivity index (χ4v) is 6.76. The molecule has 4 heterocycles. The summed E-state index contributed by atoms with van der Waals surface area (Å²) in [4.78, 5) is 4.97. The molecule has 0 amide bonds. The van der Waals surface area contributed by atoms with Crippen molar-refractivity contribution in [3.8, 4) is 22.7 Å². The quantitative estimate of drug-likeness (QED) is 0.251. The highest BCUT2D eigenvalue weighted by atomic mass is 16.3. The number of aromatic nitrogens is 3. The number of hydrogen-bond acceptors (Lipinski definition) is 2. The Bertz CT molecular complexity index is 2450. The SMILES string of the molecule is Cc1cc(-n2c3cc(O)ccc3c3cc4c5cccc6c7ccccc7n(c4cc32)c65)ncc1-c1ccccc1. The van der Waals surface area contributed by atoms with E-state index in [-0.39, 0.29) is 5.75 Å². The summed E-state index contributed by atoms with van der Waals surface area (Å²) < 4.78 is 4.60. The fourth-order valence-electron chi connectivity index (χ4n) is 6.76. The van der Waals surface area contributed by atoms with Gasteiger partial charge < -0.3 is 9.51 Å². The van der Waals surface area contributed by atoms with E-state index in [0.717, 1.165) is 44.3 Å². The van der Waals surface area contributed by atoms with Gasteiger partial charge in [0.25, 0.3) is 0 Å². The van der Waals surface area contributed by atoms with Crippen LogP contribution in [0.2, 0.25) is 0 Å². The molecule has 188 valence electrons. The Morgan fingerprint density at radius 2 is 1.27 bits per heavy atom. The highest BCUT2D eigenvalue weighted by Gasteiger charge is 2.21. The second-order valence-electron chi connectivity index (χ2n) is 10.7. The first-order chi connectivity index (χ1) is 19.7. The Morgan fingerprint density at radius 1 is 0.575 bits per heavy atom. The molecule has 0 aliphatic heterocycles. The third-order valence-electron chi connectivity index (χ3n) is 8.50. The molecule has 0 saturated heterocycles. The number of nitrogens with zero attached hydrogens (tertiary/aromatic N) is 3. The maximum absolute atomic E-state index is 10.5. The van der Waals surface area contributed by atoms with E-state index in [1.807, 2.05) is 24.4 Å². The van der Waals surface area contributed by atoms with Crippen LogP contribution in [0.25, 0.3) is 76.8 Å². The van der Waals surface area contributed by atoms with Gasteiger partial charge in [0.15, 0.2) is 0 Å². The first-order valence-electron chi connectivity index (χ1n) is 13.5. The molecular formula is C36H23N3O. The van der Waals surface area contributed by atoms with E-state index in [9.17, 15) is 5.11 Å². The summed E-state index contributed by atoms with van der Waals surface area (Å²) in [7, 11) is 0. The first kappa shape index (κ1) is 21.6. The summed E-state index contributed by atoms with van der Waals surface area (Å²) in [6.07, 6.45) is 1.96. The molecule has 0 unspecified atom stereocenters. The minimum Gasteiger partial charge on any atom is -0.508 e. The van der Waals surface area contributed by atoms with Crippen molar-refractivity contribution in [3.05, 3.63) is 121 Å². The molecule has 9 rings (SSSR count). The van der Waals surface area contributed by atoms with Crippen molar-refractivity contribution in [1.29, 1.82) is 0 Å². The van der Waals surface area contributed by atoms with Crippen LogP contribution < -0.4 is 0 Å². The molecule has 40 heavy (non-hydrogen) atoms. The maximum Gasteiger partial charge on any atom is 0.137 e. The van der Waals surface area contributed by atoms with Crippen molar-refractivity contribution in [2.75, 3.05) is 0 Å². The number of phenols is 1. The first-order valence-corrected chi connectivity index (χ1v) is 13.5. The maximum atomic E-state index is 10.5. The molecule has 0 radical (unpaired) electrons. The number of rotatable bonds is 2. The van der Waals surface area contributed by atoms with Gasteiger partial charge in [-0.05, 0) is 54.4 Å². The van der Waals surface area contributed by atoms with E-state index in [2.05, 4.69) is 101 Å². The average Bonchev–Trinajstić information content (AvgIpc) is 3.60. The van der Waals surface area contributed by atoms with Crippen molar-refractivity contribution in [2.45, 2.75) is 6.92 Å². The Morgan fingerprint density at radius 3 is 2.12 bits per heavy atom. The van der Waals surface area contributed by atoms with Crippen molar-refractivity contribution >= 4 is 59.9 Å². The molecule has 0 saturated carbocycles. The Balaban J connectivity index is 1.42. The smallest absolute Gasteiger partial charge is 0.137 e. The number of fused-ring (bicyclic) bond motifs is 9. The molecule has 5 aromatic carbocycles. The van der Waals surface area contributed by atoms with E-state index < -0.39 is 0 Å². The number of benzene rings is 5. The number of hydrogen-bond donors (Lipinski definition) is 1. The number of aromatic hydroxyl groups is 1. The molecule has 4 aromatic heterocycles. The molecule has 0 aliphatic rings. The van der Waals surface area contributed by atoms with E-state index >= 15 is 0 Å². The third kappa shape index (κ3) is 2.72. The van der Waals surface area contributed by atoms with Gasteiger partial charge in [-0.1, -0.05) is 66.7 Å². The zero-order valence-electron chi connectivity index (χ0n) is 21.8. The standard InChI is InChI=1S/C36H23N3O/c1-21-16-35(37-20-30(21)22-8-3-2-4-9-22)38-32-17-23(40)14-15-25(32)28-18-29-27-12-7-11-26-24-10-5-6-13-31(24)39(36(26)27)34(29)19-33(28)38/h2-20,40H,1H3. The van der Waals surface area contributed by atoms with Gasteiger partial charge in [0.1, 0.15) is 11.6 Å². The van der Waals surface area contributed by atoms with E-state index in [1.165, 1.54) is 38.1 Å². The number of pyridine rings is 1. The van der Waals surface area contributed by atoms with Gasteiger partial charge in [0.05, 0.1) is 27.6 Å². The van der Waals surface area contributed by atoms with Crippen molar-refractivity contribution < 1.29 is 5.11 Å². The van der Waals surface area contributed by atoms with Crippen LogP contribution in [0.15, 0.2) is 115 Å². The summed E-state index contributed by atoms with van der Waals surface area (Å²) in [6, 6.07) is 38.0. The van der Waals surface area contributed by atoms with Crippen LogP contribution in [-0.2, 0) is 0 Å². The number of phenolic OH excluding ortho intramolecular Hbond substituents is 1. The van der Waals surface area contributed by atoms with E-state index in [4.69, 9.17) is 4.98 Å². The van der Waals surface area contributed by atoms with Gasteiger partial charge in [-0.3, -0.25) is 4.57 Å². The molecule has 0 fully saturated rings. The molecule has 4 nitrogen and oxygen atoms in total. The van der Waals surface area contributed by atoms with Crippen LogP contribution in [0.3, 0.4) is 0 Å². The van der Waals surface area contributed by atoms with Crippen LogP contribution in [0.4, 0.5) is 0 Å². The van der Waals surface area contributed by atoms with Crippen molar-refractivity contribution in [3.63, 3.8) is 0 Å². The fraction of sp³-hybridized carbons (Fsp3) is 0.0278. The van der Waals surface area contributed by atoms with Crippen LogP contribution in [0, 0.1) is 6.92 Å². The van der Waals surface area contributed by atoms with Crippen LogP contribution in [0.1, 0.15) is 5.56 Å². The molecule has 4 heteroatoms. The monoisotopic (exact) mass is 513 g/mol. The number of para-hydroxylation sites is 2. The van der Waals surface area contributed by atoms with Gasteiger partial charge in [0, 0.05) is 50.1 Å². The largest absolute Gasteiger partial charge is 0.508 e. The van der Waals surface area contributed by atoms with Gasteiger partial charge in [-0.25, -0.2) is 4.98 Å². The van der Waals surface area contributed by atoms with E-state index in [0.29, 0.717) is 0 Å². The zero-order chi connectivity index (χ0) is 26.5. The average molecular weight is 514 g/mol. The highest BCUT2D eigenvalue weighted by Crippen LogP contribution is 2.43. The van der Waals surface area contributed by atoms with Gasteiger partial charge in [-0.2, -0.15) is 0 Å². The summed E-state index contributed by atoms with van der Waals surface area (Å²) >= 11 is 0. The minimum atomic E-state index is 0.241. The third-order valence-corrected chi connectivity index (χ3v) is 8.50. The normalized spacial score (nSPS) is 12.2. The zero-order valence-corrected chi connectivity index (χ0v) is 21.8. The molecule has 9 aromatic rings. The lowest BCUT2D eigenvalue weighted by molar-refractivity contribution is 0.476. The van der Waals surface area contributed by atoms with Crippen LogP contribution in [0.5, 0.6) is 5.75 Å². The minimum absolute atomic E-state index is 0.241. The van der Waals surface area contributed by atoms with Gasteiger partial charge in [0.2, 0.25) is 0 Å². The number of aryl methyl sites for hydroxylation is 1. The summed E-state index contributed by atoms with van der Waals surface area (Å²) in [5.41, 5.74) is 9.07. The van der Waals surface area contributed by atoms with Crippen molar-refractivity contribution in [1.82, 2.24) is 14.0 Å². The topological polar surface area (TPSA) is 42.5 Å². The molecule has 1 N–H and O–H groups in total.